The van der Waals surface area contributed by atoms with Crippen molar-refractivity contribution >= 4 is 16.9 Å². The minimum Gasteiger partial charge on any atom is -0.406 e. The third-order valence-corrected chi connectivity index (χ3v) is 4.35. The summed E-state index contributed by atoms with van der Waals surface area (Å²) < 4.78 is 42.7. The molecule has 0 aliphatic heterocycles. The van der Waals surface area contributed by atoms with Crippen LogP contribution in [0.2, 0.25) is 0 Å². The molecule has 8 nitrogen and oxygen atoms in total. The Morgan fingerprint density at radius 1 is 1.23 bits per heavy atom. The van der Waals surface area contributed by atoms with Gasteiger partial charge in [-0.05, 0) is 36.4 Å². The molecule has 4 aromatic rings. The summed E-state index contributed by atoms with van der Waals surface area (Å²) in [5.74, 6) is -0.724. The van der Waals surface area contributed by atoms with Gasteiger partial charge in [-0.25, -0.2) is 14.6 Å². The van der Waals surface area contributed by atoms with Crippen LogP contribution in [0.4, 0.5) is 13.2 Å². The van der Waals surface area contributed by atoms with Gasteiger partial charge in [-0.3, -0.25) is 4.79 Å². The minimum atomic E-state index is -4.78. The summed E-state index contributed by atoms with van der Waals surface area (Å²) in [4.78, 5) is 23.2. The fourth-order valence-electron chi connectivity index (χ4n) is 3.07. The molecule has 0 unspecified atom stereocenters. The van der Waals surface area contributed by atoms with Crippen molar-refractivity contribution in [1.82, 2.24) is 30.0 Å². The number of carbonyl (C=O) groups is 1. The number of amides is 1. The molecule has 2 N–H and O–H groups in total. The number of aromatic amines is 1. The molecular weight excluding hydrogens is 413 g/mol. The quantitative estimate of drug-likeness (QED) is 0.458. The number of hydrogen-bond donors (Lipinski definition) is 2. The van der Waals surface area contributed by atoms with Gasteiger partial charge in [0.15, 0.2) is 5.65 Å². The van der Waals surface area contributed by atoms with Crippen LogP contribution >= 0.6 is 0 Å². The number of ether oxygens (including phenoxy) is 1. The summed E-state index contributed by atoms with van der Waals surface area (Å²) >= 11 is 0. The first-order valence-electron chi connectivity index (χ1n) is 8.98. The van der Waals surface area contributed by atoms with Crippen LogP contribution in [0.1, 0.15) is 5.69 Å². The number of pyridine rings is 1. The van der Waals surface area contributed by atoms with E-state index in [0.29, 0.717) is 28.1 Å². The van der Waals surface area contributed by atoms with Crippen LogP contribution in [-0.4, -0.2) is 37.0 Å². The number of carbonyl (C=O) groups excluding carboxylic acids is 1. The van der Waals surface area contributed by atoms with Crippen LogP contribution in [0.25, 0.3) is 28.0 Å². The van der Waals surface area contributed by atoms with Crippen LogP contribution in [-0.2, 0) is 11.3 Å². The zero-order valence-electron chi connectivity index (χ0n) is 15.8. The molecule has 0 atom stereocenters. The van der Waals surface area contributed by atoms with Crippen LogP contribution in [0.3, 0.4) is 0 Å². The Morgan fingerprint density at radius 3 is 2.65 bits per heavy atom. The lowest BCUT2D eigenvalue weighted by Crippen LogP contribution is -2.20. The normalized spacial score (nSPS) is 11.5. The van der Waals surface area contributed by atoms with E-state index in [4.69, 9.17) is 0 Å². The Kier molecular flexibility index (Phi) is 5.15. The number of halogens is 3. The van der Waals surface area contributed by atoms with Gasteiger partial charge in [0.2, 0.25) is 5.91 Å². The van der Waals surface area contributed by atoms with Gasteiger partial charge in [-0.2, -0.15) is 5.10 Å². The van der Waals surface area contributed by atoms with Crippen LogP contribution < -0.4 is 10.1 Å². The lowest BCUT2D eigenvalue weighted by molar-refractivity contribution is -0.274. The van der Waals surface area contributed by atoms with E-state index in [1.165, 1.54) is 35.3 Å². The molecule has 0 saturated carbocycles. The van der Waals surface area contributed by atoms with Crippen molar-refractivity contribution in [3.63, 3.8) is 0 Å². The molecule has 0 bridgehead atoms. The molecule has 3 aromatic heterocycles. The molecule has 11 heteroatoms. The summed E-state index contributed by atoms with van der Waals surface area (Å²) in [6, 6.07) is 7.01. The molecule has 0 aliphatic rings. The number of nitrogens with zero attached hydrogens (tertiary/aromatic N) is 4. The Bertz CT molecular complexity index is 1230. The first-order valence-corrected chi connectivity index (χ1v) is 8.98. The number of fused-ring (bicyclic) bond motifs is 1. The van der Waals surface area contributed by atoms with Gasteiger partial charge in [0.1, 0.15) is 5.75 Å². The molecule has 31 heavy (non-hydrogen) atoms. The maximum Gasteiger partial charge on any atom is 0.573 e. The molecule has 0 spiro atoms. The topological polar surface area (TPSA) is 97.7 Å². The van der Waals surface area contributed by atoms with Crippen molar-refractivity contribution in [3.05, 3.63) is 67.4 Å². The molecular formula is C20H15F3N6O2. The number of benzene rings is 1. The summed E-state index contributed by atoms with van der Waals surface area (Å²) in [6.45, 7) is 3.51. The average molecular weight is 428 g/mol. The third kappa shape index (κ3) is 4.25. The van der Waals surface area contributed by atoms with Gasteiger partial charge < -0.3 is 15.0 Å². The SMILES string of the molecule is C=CC(=O)NCc1nn(-c2ccc(OC(F)(F)F)cc2)c2nccc(-c3c[nH]cn3)c12. The van der Waals surface area contributed by atoms with E-state index in [1.54, 1.807) is 18.5 Å². The van der Waals surface area contributed by atoms with Crippen molar-refractivity contribution in [2.24, 2.45) is 0 Å². The smallest absolute Gasteiger partial charge is 0.406 e. The number of aromatic nitrogens is 5. The van der Waals surface area contributed by atoms with Crippen molar-refractivity contribution in [1.29, 1.82) is 0 Å². The number of nitrogens with one attached hydrogen (secondary N) is 2. The first kappa shape index (κ1) is 20.1. The van der Waals surface area contributed by atoms with E-state index < -0.39 is 6.36 Å². The zero-order chi connectivity index (χ0) is 22.0. The molecule has 4 rings (SSSR count). The summed E-state index contributed by atoms with van der Waals surface area (Å²) in [6.07, 6.45) is 1.19. The predicted molar refractivity (Wildman–Crippen MR) is 105 cm³/mol. The lowest BCUT2D eigenvalue weighted by Gasteiger charge is -2.09. The Labute approximate surface area is 173 Å². The molecule has 3 heterocycles. The van der Waals surface area contributed by atoms with Crippen molar-refractivity contribution in [2.75, 3.05) is 0 Å². The number of hydrogen-bond acceptors (Lipinski definition) is 5. The maximum absolute atomic E-state index is 12.4. The van der Waals surface area contributed by atoms with E-state index in [1.807, 2.05) is 0 Å². The molecule has 1 aromatic carbocycles. The molecule has 158 valence electrons. The van der Waals surface area contributed by atoms with Gasteiger partial charge in [-0.15, -0.1) is 13.2 Å². The second-order valence-corrected chi connectivity index (χ2v) is 6.33. The van der Waals surface area contributed by atoms with Gasteiger partial charge in [-0.1, -0.05) is 6.58 Å². The number of alkyl halides is 3. The first-order chi connectivity index (χ1) is 14.9. The highest BCUT2D eigenvalue weighted by molar-refractivity contribution is 5.95. The van der Waals surface area contributed by atoms with Crippen LogP contribution in [0, 0.1) is 0 Å². The largest absolute Gasteiger partial charge is 0.573 e. The monoisotopic (exact) mass is 428 g/mol. The highest BCUT2D eigenvalue weighted by atomic mass is 19.4. The summed E-state index contributed by atoms with van der Waals surface area (Å²) in [7, 11) is 0. The van der Waals surface area contributed by atoms with E-state index in [9.17, 15) is 18.0 Å². The van der Waals surface area contributed by atoms with E-state index in [0.717, 1.165) is 11.6 Å². The minimum absolute atomic E-state index is 0.0900. The Hall–Kier alpha value is -4.15. The fourth-order valence-corrected chi connectivity index (χ4v) is 3.07. The fraction of sp³-hybridized carbons (Fsp3) is 0.100. The van der Waals surface area contributed by atoms with Gasteiger partial charge in [0.25, 0.3) is 0 Å². The Balaban J connectivity index is 1.81. The predicted octanol–water partition coefficient (Wildman–Crippen LogP) is 3.51. The van der Waals surface area contributed by atoms with Gasteiger partial charge in [0.05, 0.1) is 35.3 Å². The van der Waals surface area contributed by atoms with E-state index in [-0.39, 0.29) is 18.2 Å². The van der Waals surface area contributed by atoms with Crippen LogP contribution in [0.5, 0.6) is 5.75 Å². The number of imidazole rings is 1. The highest BCUT2D eigenvalue weighted by Crippen LogP contribution is 2.31. The second-order valence-electron chi connectivity index (χ2n) is 6.33. The number of rotatable bonds is 6. The third-order valence-electron chi connectivity index (χ3n) is 4.35. The van der Waals surface area contributed by atoms with Crippen molar-refractivity contribution < 1.29 is 22.7 Å². The van der Waals surface area contributed by atoms with Crippen molar-refractivity contribution in [3.8, 4) is 22.7 Å². The number of H-pyrrole nitrogens is 1. The molecule has 0 aliphatic carbocycles. The second kappa shape index (κ2) is 7.94. The molecule has 0 saturated heterocycles. The lowest BCUT2D eigenvalue weighted by atomic mass is 10.1. The van der Waals surface area contributed by atoms with E-state index in [2.05, 4.69) is 36.7 Å². The molecule has 1 amide bonds. The summed E-state index contributed by atoms with van der Waals surface area (Å²) in [5, 5.41) is 7.87. The highest BCUT2D eigenvalue weighted by Gasteiger charge is 2.31. The average Bonchev–Trinajstić information content (AvgIpc) is 3.40. The summed E-state index contributed by atoms with van der Waals surface area (Å²) in [5.41, 5.74) is 2.81. The van der Waals surface area contributed by atoms with E-state index >= 15 is 0 Å². The van der Waals surface area contributed by atoms with Gasteiger partial charge >= 0.3 is 6.36 Å². The van der Waals surface area contributed by atoms with Gasteiger partial charge in [0, 0.05) is 18.0 Å². The Morgan fingerprint density at radius 2 is 2.00 bits per heavy atom. The van der Waals surface area contributed by atoms with Crippen molar-refractivity contribution in [2.45, 2.75) is 12.9 Å². The molecule has 0 fully saturated rings. The standard InChI is InChI=1S/C20H15F3N6O2/c1-2-17(30)26-10-16-18-14(15-9-24-11-27-15)7-8-25-19(18)29(28-16)12-3-5-13(6-4-12)31-20(21,22)23/h2-9,11H,1,10H2,(H,24,27)(H,26,30). The molecule has 0 radical (unpaired) electrons. The van der Waals surface area contributed by atoms with Crippen LogP contribution in [0.15, 0.2) is 61.7 Å². The maximum atomic E-state index is 12.4. The zero-order valence-corrected chi connectivity index (χ0v) is 15.8.